The van der Waals surface area contributed by atoms with Gasteiger partial charge in [0.2, 0.25) is 0 Å². The molecule has 0 spiro atoms. The lowest BCUT2D eigenvalue weighted by atomic mass is 9.99. The highest BCUT2D eigenvalue weighted by atomic mass is 35.5. The van der Waals surface area contributed by atoms with E-state index in [9.17, 15) is 0 Å². The molecule has 1 aromatic rings. The van der Waals surface area contributed by atoms with E-state index >= 15 is 0 Å². The smallest absolute Gasteiger partial charge is 0.0700 e. The highest BCUT2D eigenvalue weighted by molar-refractivity contribution is 6.42. The van der Waals surface area contributed by atoms with Crippen LogP contribution in [-0.4, -0.2) is 36.7 Å². The largest absolute Gasteiger partial charge is 0.314 e. The van der Waals surface area contributed by atoms with E-state index in [1.165, 1.54) is 0 Å². The Morgan fingerprint density at radius 3 is 2.67 bits per heavy atom. The van der Waals surface area contributed by atoms with Crippen LogP contribution in [0.25, 0.3) is 0 Å². The van der Waals surface area contributed by atoms with Gasteiger partial charge in [0.1, 0.15) is 0 Å². The molecule has 1 aliphatic heterocycles. The van der Waals surface area contributed by atoms with Crippen LogP contribution >= 0.6 is 23.2 Å². The van der Waals surface area contributed by atoms with Crippen LogP contribution in [0.5, 0.6) is 0 Å². The third-order valence-corrected chi connectivity index (χ3v) is 4.28. The van der Waals surface area contributed by atoms with E-state index in [1.807, 2.05) is 12.1 Å². The number of nitrogens with two attached hydrogens (primary N) is 1. The number of hydrogen-bond donors (Lipinski definition) is 2. The second-order valence-corrected chi connectivity index (χ2v) is 5.77. The Morgan fingerprint density at radius 2 is 2.00 bits per heavy atom. The van der Waals surface area contributed by atoms with E-state index in [2.05, 4.69) is 17.1 Å². The zero-order chi connectivity index (χ0) is 13.2. The van der Waals surface area contributed by atoms with Gasteiger partial charge in [0.25, 0.3) is 0 Å². The lowest BCUT2D eigenvalue weighted by Crippen LogP contribution is -2.60. The normalized spacial score (nSPS) is 20.7. The molecule has 1 aliphatic rings. The van der Waals surface area contributed by atoms with Crippen molar-refractivity contribution < 1.29 is 0 Å². The molecular formula is C13H19Cl2N3. The summed E-state index contributed by atoms with van der Waals surface area (Å²) in [4.78, 5) is 2.29. The van der Waals surface area contributed by atoms with Crippen molar-refractivity contribution in [3.63, 3.8) is 0 Å². The van der Waals surface area contributed by atoms with Crippen LogP contribution in [0.15, 0.2) is 18.2 Å². The fourth-order valence-corrected chi connectivity index (χ4v) is 2.74. The molecule has 100 valence electrons. The van der Waals surface area contributed by atoms with Gasteiger partial charge >= 0.3 is 0 Å². The standard InChI is InChI=1S/C13H19Cl2N3/c1-13(16,18-7-5-17-6-8-18)9-10-3-2-4-11(14)12(10)15/h2-4,17H,5-9,16H2,1H3. The molecule has 1 atom stereocenters. The summed E-state index contributed by atoms with van der Waals surface area (Å²) in [7, 11) is 0. The molecule has 0 amide bonds. The first kappa shape index (κ1) is 14.1. The molecule has 1 fully saturated rings. The lowest BCUT2D eigenvalue weighted by molar-refractivity contribution is 0.0932. The Kier molecular flexibility index (Phi) is 4.51. The molecule has 1 unspecified atom stereocenters. The second-order valence-electron chi connectivity index (χ2n) is 4.98. The SMILES string of the molecule is CC(N)(Cc1cccc(Cl)c1Cl)N1CCNCC1. The number of benzene rings is 1. The predicted octanol–water partition coefficient (Wildman–Crippen LogP) is 2.12. The molecule has 5 heteroatoms. The minimum absolute atomic E-state index is 0.392. The average Bonchev–Trinajstić information content (AvgIpc) is 2.36. The van der Waals surface area contributed by atoms with Gasteiger partial charge in [0.15, 0.2) is 0 Å². The van der Waals surface area contributed by atoms with Gasteiger partial charge in [0.05, 0.1) is 15.7 Å². The molecule has 1 aromatic carbocycles. The van der Waals surface area contributed by atoms with E-state index in [0.29, 0.717) is 16.5 Å². The molecule has 18 heavy (non-hydrogen) atoms. The minimum Gasteiger partial charge on any atom is -0.314 e. The van der Waals surface area contributed by atoms with Crippen LogP contribution in [0.1, 0.15) is 12.5 Å². The molecule has 1 heterocycles. The summed E-state index contributed by atoms with van der Waals surface area (Å²) < 4.78 is 0. The summed E-state index contributed by atoms with van der Waals surface area (Å²) in [6.07, 6.45) is 0.701. The number of nitrogens with zero attached hydrogens (tertiary/aromatic N) is 1. The number of rotatable bonds is 3. The Balaban J connectivity index is 2.13. The molecular weight excluding hydrogens is 269 g/mol. The van der Waals surface area contributed by atoms with Crippen LogP contribution < -0.4 is 11.1 Å². The highest BCUT2D eigenvalue weighted by Gasteiger charge is 2.29. The van der Waals surface area contributed by atoms with Crippen molar-refractivity contribution in [1.29, 1.82) is 0 Å². The van der Waals surface area contributed by atoms with Crippen molar-refractivity contribution in [2.24, 2.45) is 5.73 Å². The Hall–Kier alpha value is -0.320. The molecule has 0 saturated carbocycles. The molecule has 0 radical (unpaired) electrons. The summed E-state index contributed by atoms with van der Waals surface area (Å²) in [5.41, 5.74) is 7.05. The fraction of sp³-hybridized carbons (Fsp3) is 0.538. The van der Waals surface area contributed by atoms with Crippen LogP contribution in [0, 0.1) is 0 Å². The summed E-state index contributed by atoms with van der Waals surface area (Å²) in [6.45, 7) is 5.94. The third-order valence-electron chi connectivity index (χ3n) is 3.42. The Labute approximate surface area is 118 Å². The number of piperazine rings is 1. The van der Waals surface area contributed by atoms with Crippen LogP contribution in [0.3, 0.4) is 0 Å². The molecule has 0 aromatic heterocycles. The van der Waals surface area contributed by atoms with Crippen molar-refractivity contribution in [3.05, 3.63) is 33.8 Å². The van der Waals surface area contributed by atoms with Crippen LogP contribution in [-0.2, 0) is 6.42 Å². The molecule has 0 bridgehead atoms. The second kappa shape index (κ2) is 5.76. The fourth-order valence-electron chi connectivity index (χ4n) is 2.36. The van der Waals surface area contributed by atoms with Crippen molar-refractivity contribution in [1.82, 2.24) is 10.2 Å². The van der Waals surface area contributed by atoms with Gasteiger partial charge in [-0.2, -0.15) is 0 Å². The van der Waals surface area contributed by atoms with Gasteiger partial charge in [-0.1, -0.05) is 35.3 Å². The summed E-state index contributed by atoms with van der Waals surface area (Å²) in [5.74, 6) is 0. The van der Waals surface area contributed by atoms with E-state index in [-0.39, 0.29) is 0 Å². The number of nitrogens with one attached hydrogen (secondary N) is 1. The predicted molar refractivity (Wildman–Crippen MR) is 77.2 cm³/mol. The number of hydrogen-bond acceptors (Lipinski definition) is 3. The molecule has 0 aliphatic carbocycles. The van der Waals surface area contributed by atoms with Crippen molar-refractivity contribution in [2.75, 3.05) is 26.2 Å². The molecule has 2 rings (SSSR count). The highest BCUT2D eigenvalue weighted by Crippen LogP contribution is 2.28. The first-order valence-corrected chi connectivity index (χ1v) is 6.94. The molecule has 1 saturated heterocycles. The van der Waals surface area contributed by atoms with Crippen LogP contribution in [0.4, 0.5) is 0 Å². The van der Waals surface area contributed by atoms with E-state index in [0.717, 1.165) is 31.7 Å². The van der Waals surface area contributed by atoms with Gasteiger partial charge in [0, 0.05) is 32.6 Å². The zero-order valence-electron chi connectivity index (χ0n) is 10.5. The topological polar surface area (TPSA) is 41.3 Å². The molecule has 3 nitrogen and oxygen atoms in total. The maximum absolute atomic E-state index is 6.44. The number of halogens is 2. The van der Waals surface area contributed by atoms with E-state index < -0.39 is 5.66 Å². The van der Waals surface area contributed by atoms with Gasteiger partial charge in [-0.25, -0.2) is 0 Å². The van der Waals surface area contributed by atoms with Crippen molar-refractivity contribution >= 4 is 23.2 Å². The summed E-state index contributed by atoms with van der Waals surface area (Å²) in [5, 5.41) is 4.53. The van der Waals surface area contributed by atoms with Crippen LogP contribution in [0.2, 0.25) is 10.0 Å². The Bertz CT molecular complexity index is 415. The van der Waals surface area contributed by atoms with Gasteiger partial charge in [-0.3, -0.25) is 4.90 Å². The quantitative estimate of drug-likeness (QED) is 0.895. The monoisotopic (exact) mass is 287 g/mol. The Morgan fingerprint density at radius 1 is 1.33 bits per heavy atom. The summed E-state index contributed by atoms with van der Waals surface area (Å²) in [6, 6.07) is 5.70. The minimum atomic E-state index is -0.392. The van der Waals surface area contributed by atoms with Crippen molar-refractivity contribution in [3.8, 4) is 0 Å². The van der Waals surface area contributed by atoms with Gasteiger partial charge in [-0.05, 0) is 18.6 Å². The maximum atomic E-state index is 6.44. The maximum Gasteiger partial charge on any atom is 0.0700 e. The average molecular weight is 288 g/mol. The zero-order valence-corrected chi connectivity index (χ0v) is 12.1. The van der Waals surface area contributed by atoms with Gasteiger partial charge in [-0.15, -0.1) is 0 Å². The van der Waals surface area contributed by atoms with Gasteiger partial charge < -0.3 is 11.1 Å². The third kappa shape index (κ3) is 3.16. The first-order chi connectivity index (χ1) is 8.50. The first-order valence-electron chi connectivity index (χ1n) is 6.18. The van der Waals surface area contributed by atoms with E-state index in [4.69, 9.17) is 28.9 Å². The molecule has 3 N–H and O–H groups in total. The lowest BCUT2D eigenvalue weighted by Gasteiger charge is -2.41. The van der Waals surface area contributed by atoms with Crippen molar-refractivity contribution in [2.45, 2.75) is 19.0 Å². The van der Waals surface area contributed by atoms with E-state index in [1.54, 1.807) is 6.07 Å². The summed E-state index contributed by atoms with van der Waals surface area (Å²) >= 11 is 12.3.